The van der Waals surface area contributed by atoms with E-state index >= 15 is 0 Å². The lowest BCUT2D eigenvalue weighted by Crippen LogP contribution is -2.51. The molecule has 1 aromatic rings. The third-order valence-corrected chi connectivity index (χ3v) is 6.64. The fourth-order valence-electron chi connectivity index (χ4n) is 3.98. The van der Waals surface area contributed by atoms with Crippen LogP contribution in [-0.2, 0) is 29.8 Å². The number of carbonyl (C=O) groups is 4. The molecule has 0 bridgehead atoms. The Kier molecular flexibility index (Phi) is 14.4. The Labute approximate surface area is 247 Å². The number of aliphatic carboxylic acids is 1. The normalized spacial score (nSPS) is 15.7. The van der Waals surface area contributed by atoms with E-state index in [9.17, 15) is 24.3 Å². The van der Waals surface area contributed by atoms with Gasteiger partial charge in [0.2, 0.25) is 5.91 Å². The van der Waals surface area contributed by atoms with Crippen molar-refractivity contribution in [1.82, 2.24) is 20.9 Å². The van der Waals surface area contributed by atoms with Gasteiger partial charge in [-0.05, 0) is 64.8 Å². The Balaban J connectivity index is 1.90. The van der Waals surface area contributed by atoms with Gasteiger partial charge in [0.05, 0.1) is 18.2 Å². The lowest BCUT2D eigenvalue weighted by atomic mass is 10.1. The molecule has 1 aromatic carbocycles. The van der Waals surface area contributed by atoms with Crippen LogP contribution in [0.5, 0.6) is 0 Å². The molecule has 0 saturated heterocycles. The maximum Gasteiger partial charge on any atom is 0.303 e. The average Bonchev–Trinajstić information content (AvgIpc) is 3.23. The fourth-order valence-corrected chi connectivity index (χ4v) is 4.16. The van der Waals surface area contributed by atoms with Crippen LogP contribution < -0.4 is 21.3 Å². The Morgan fingerprint density at radius 2 is 1.68 bits per heavy atom. The zero-order valence-corrected chi connectivity index (χ0v) is 25.1. The summed E-state index contributed by atoms with van der Waals surface area (Å²) in [7, 11) is 0. The molecule has 1 aliphatic rings. The van der Waals surface area contributed by atoms with E-state index in [-0.39, 0.29) is 48.2 Å². The smallest absolute Gasteiger partial charge is 0.303 e. The van der Waals surface area contributed by atoms with Crippen molar-refractivity contribution < 1.29 is 29.0 Å². The number of nitrogens with zero attached hydrogens (tertiary/aromatic N) is 1. The summed E-state index contributed by atoms with van der Waals surface area (Å²) in [6.45, 7) is 10.3. The third kappa shape index (κ3) is 13.6. The first kappa shape index (κ1) is 34.4. The minimum absolute atomic E-state index is 0.0808. The van der Waals surface area contributed by atoms with Crippen molar-refractivity contribution in [2.75, 3.05) is 38.1 Å². The predicted octanol–water partition coefficient (Wildman–Crippen LogP) is 2.25. The molecule has 1 aliphatic heterocycles. The van der Waals surface area contributed by atoms with Gasteiger partial charge in [0.15, 0.2) is 0 Å². The maximum atomic E-state index is 13.1. The summed E-state index contributed by atoms with van der Waals surface area (Å²) in [5, 5.41) is 22.2. The lowest BCUT2D eigenvalue weighted by Gasteiger charge is -2.28. The summed E-state index contributed by atoms with van der Waals surface area (Å²) >= 11 is 5.84. The van der Waals surface area contributed by atoms with E-state index in [2.05, 4.69) is 21.3 Å². The maximum absolute atomic E-state index is 13.1. The number of hydrogen-bond donors (Lipinski definition) is 5. The number of carboxylic acids is 1. The molecule has 41 heavy (non-hydrogen) atoms. The summed E-state index contributed by atoms with van der Waals surface area (Å²) in [4.78, 5) is 48.9. The van der Waals surface area contributed by atoms with Gasteiger partial charge in [-0.1, -0.05) is 12.1 Å². The molecule has 0 saturated carbocycles. The van der Waals surface area contributed by atoms with Gasteiger partial charge in [0.1, 0.15) is 0 Å². The van der Waals surface area contributed by atoms with E-state index in [0.717, 1.165) is 5.56 Å². The highest BCUT2D eigenvalue weighted by molar-refractivity contribution is 6.17. The number of rotatable bonds is 19. The number of anilines is 1. The summed E-state index contributed by atoms with van der Waals surface area (Å²) in [5.41, 5.74) is 1.17. The minimum atomic E-state index is -0.976. The highest BCUT2D eigenvalue weighted by Crippen LogP contribution is 2.13. The van der Waals surface area contributed by atoms with Gasteiger partial charge in [0.25, 0.3) is 11.8 Å². The molecular weight excluding hydrogens is 550 g/mol. The van der Waals surface area contributed by atoms with Crippen LogP contribution in [0.3, 0.4) is 0 Å². The van der Waals surface area contributed by atoms with Crippen molar-refractivity contribution in [2.45, 2.75) is 76.6 Å². The summed E-state index contributed by atoms with van der Waals surface area (Å²) < 4.78 is 6.00. The largest absolute Gasteiger partial charge is 0.481 e. The van der Waals surface area contributed by atoms with Crippen LogP contribution in [0.25, 0.3) is 0 Å². The predicted molar refractivity (Wildman–Crippen MR) is 159 cm³/mol. The third-order valence-electron chi connectivity index (χ3n) is 6.33. The quantitative estimate of drug-likeness (QED) is 0.0925. The molecule has 3 atom stereocenters. The Morgan fingerprint density at radius 3 is 2.27 bits per heavy atom. The number of carbonyl (C=O) groups excluding carboxylic acids is 3. The summed E-state index contributed by atoms with van der Waals surface area (Å²) in [6.07, 6.45) is 3.18. The van der Waals surface area contributed by atoms with Crippen LogP contribution in [0.4, 0.5) is 5.69 Å². The van der Waals surface area contributed by atoms with Crippen LogP contribution in [0.15, 0.2) is 36.4 Å². The van der Waals surface area contributed by atoms with Crippen LogP contribution in [0.1, 0.15) is 52.5 Å². The summed E-state index contributed by atoms with van der Waals surface area (Å²) in [5.74, 6) is -1.48. The topological polar surface area (TPSA) is 149 Å². The highest BCUT2D eigenvalue weighted by Gasteiger charge is 2.24. The second kappa shape index (κ2) is 17.2. The Hall–Kier alpha value is -2.83. The molecule has 0 unspecified atom stereocenters. The lowest BCUT2D eigenvalue weighted by molar-refractivity contribution is -0.138. The second-order valence-electron chi connectivity index (χ2n) is 11.1. The monoisotopic (exact) mass is 593 g/mol. The van der Waals surface area contributed by atoms with Crippen molar-refractivity contribution >= 4 is 41.0 Å². The van der Waals surface area contributed by atoms with Crippen molar-refractivity contribution in [1.29, 1.82) is 0 Å². The van der Waals surface area contributed by atoms with Crippen molar-refractivity contribution in [2.24, 2.45) is 0 Å². The molecule has 1 heterocycles. The van der Waals surface area contributed by atoms with Crippen LogP contribution >= 0.6 is 11.6 Å². The van der Waals surface area contributed by atoms with E-state index in [1.165, 1.54) is 17.1 Å². The van der Waals surface area contributed by atoms with Gasteiger partial charge < -0.3 is 31.1 Å². The molecule has 3 amide bonds. The number of ether oxygens (including phenoxy) is 1. The molecule has 0 radical (unpaired) electrons. The number of halogens is 1. The molecule has 0 spiro atoms. The van der Waals surface area contributed by atoms with Gasteiger partial charge in [-0.2, -0.15) is 0 Å². The van der Waals surface area contributed by atoms with Gasteiger partial charge in [-0.3, -0.25) is 24.1 Å². The summed E-state index contributed by atoms with van der Waals surface area (Å²) in [6, 6.07) is 6.37. The molecule has 2 rings (SSSR count). The van der Waals surface area contributed by atoms with Crippen LogP contribution in [0.2, 0.25) is 0 Å². The number of carboxylic acid groups (broad SMARTS) is 1. The SMILES string of the molecule is C[C@@H](CN[C@@H](CN[C@@H](CCC(=O)O)C(=O)Nc1ccc(CCl)cc1)COC(C)(C)C)NCCCN1C(=O)C=CC1=O. The minimum Gasteiger partial charge on any atom is -0.481 e. The fraction of sp³-hybridized carbons (Fsp3) is 0.586. The molecule has 12 heteroatoms. The Bertz CT molecular complexity index is 1030. The van der Waals surface area contributed by atoms with Crippen molar-refractivity contribution in [3.8, 4) is 0 Å². The zero-order chi connectivity index (χ0) is 30.4. The number of hydrogen-bond acceptors (Lipinski definition) is 8. The molecule has 11 nitrogen and oxygen atoms in total. The molecule has 5 N–H and O–H groups in total. The zero-order valence-electron chi connectivity index (χ0n) is 24.4. The van der Waals surface area contributed by atoms with E-state index in [1.54, 1.807) is 12.1 Å². The molecule has 0 fully saturated rings. The van der Waals surface area contributed by atoms with Crippen molar-refractivity contribution in [3.05, 3.63) is 42.0 Å². The molecule has 0 aromatic heterocycles. The first-order chi connectivity index (χ1) is 19.4. The van der Waals surface area contributed by atoms with Crippen LogP contribution in [0, 0.1) is 0 Å². The molecule has 0 aliphatic carbocycles. The number of imide groups is 1. The molecule has 228 valence electrons. The van der Waals surface area contributed by atoms with Gasteiger partial charge >= 0.3 is 5.97 Å². The van der Waals surface area contributed by atoms with E-state index in [1.807, 2.05) is 39.8 Å². The van der Waals surface area contributed by atoms with Crippen LogP contribution in [-0.4, -0.2) is 90.2 Å². The first-order valence-electron chi connectivity index (χ1n) is 13.9. The van der Waals surface area contributed by atoms with Gasteiger partial charge in [-0.15, -0.1) is 11.6 Å². The number of alkyl halides is 1. The van der Waals surface area contributed by atoms with E-state index < -0.39 is 12.0 Å². The van der Waals surface area contributed by atoms with Gasteiger partial charge in [-0.25, -0.2) is 0 Å². The second-order valence-corrected chi connectivity index (χ2v) is 11.4. The Morgan fingerprint density at radius 1 is 1.02 bits per heavy atom. The number of nitrogens with one attached hydrogen (secondary N) is 4. The average molecular weight is 594 g/mol. The van der Waals surface area contributed by atoms with E-state index in [4.69, 9.17) is 16.3 Å². The number of benzene rings is 1. The first-order valence-corrected chi connectivity index (χ1v) is 14.5. The standard InChI is InChI=1S/C29H44ClN5O6/c1-20(31-14-5-15-35-25(36)11-12-26(35)37)17-32-23(19-41-29(2,3)4)18-33-24(10-13-27(38)39)28(40)34-22-8-6-21(16-30)7-9-22/h6-9,11-12,20,23-24,31-33H,5,10,13-19H2,1-4H3,(H,34,40)(H,38,39)/t20-,23-,24-/m0/s1. The number of amides is 3. The molecular formula is C29H44ClN5O6. The highest BCUT2D eigenvalue weighted by atomic mass is 35.5. The van der Waals surface area contributed by atoms with E-state index in [0.29, 0.717) is 50.8 Å². The van der Waals surface area contributed by atoms with Gasteiger partial charge in [0, 0.05) is 61.9 Å². The van der Waals surface area contributed by atoms with Crippen molar-refractivity contribution in [3.63, 3.8) is 0 Å².